The van der Waals surface area contributed by atoms with E-state index in [2.05, 4.69) is 41.6 Å². The molecule has 0 unspecified atom stereocenters. The van der Waals surface area contributed by atoms with Crippen LogP contribution in [0.3, 0.4) is 0 Å². The molecule has 1 heterocycles. The fraction of sp³-hybridized carbons (Fsp3) is 0.429. The Labute approximate surface area is 118 Å². The van der Waals surface area contributed by atoms with Crippen LogP contribution < -0.4 is 4.74 Å². The summed E-state index contributed by atoms with van der Waals surface area (Å²) in [6.07, 6.45) is 0.724. The number of ether oxygens (including phenoxy) is 1. The Balaban J connectivity index is 2.36. The number of aromatic amines is 1. The largest absolute Gasteiger partial charge is 0.497 e. The molecule has 1 N–H and O–H groups in total. The van der Waals surface area contributed by atoms with E-state index in [0.717, 1.165) is 23.6 Å². The second-order valence-electron chi connectivity index (χ2n) is 5.48. The van der Waals surface area contributed by atoms with Crippen LogP contribution in [0.4, 0.5) is 0 Å². The third-order valence-corrected chi connectivity index (χ3v) is 3.18. The summed E-state index contributed by atoms with van der Waals surface area (Å²) in [5, 5.41) is 7.22. The van der Waals surface area contributed by atoms with Crippen molar-refractivity contribution in [3.05, 3.63) is 40.4 Å². The van der Waals surface area contributed by atoms with Crippen molar-refractivity contribution >= 4 is 12.2 Å². The van der Waals surface area contributed by atoms with Gasteiger partial charge in [-0.1, -0.05) is 12.1 Å². The molecule has 0 aliphatic heterocycles. The van der Waals surface area contributed by atoms with E-state index in [9.17, 15) is 0 Å². The first-order valence-corrected chi connectivity index (χ1v) is 6.62. The first-order valence-electron chi connectivity index (χ1n) is 6.21. The molecule has 0 amide bonds. The molecule has 0 radical (unpaired) electrons. The van der Waals surface area contributed by atoms with E-state index in [0.29, 0.717) is 4.77 Å². The van der Waals surface area contributed by atoms with Crippen LogP contribution in [-0.2, 0) is 12.0 Å². The zero-order valence-corrected chi connectivity index (χ0v) is 12.5. The number of nitrogens with one attached hydrogen (secondary N) is 1. The highest BCUT2D eigenvalue weighted by atomic mass is 32.1. The summed E-state index contributed by atoms with van der Waals surface area (Å²) in [6.45, 7) is 6.36. The zero-order valence-electron chi connectivity index (χ0n) is 11.7. The average Bonchev–Trinajstić information content (AvgIpc) is 2.70. The Morgan fingerprint density at radius 2 is 2.11 bits per heavy atom. The Kier molecular flexibility index (Phi) is 3.75. The van der Waals surface area contributed by atoms with Crippen LogP contribution in [0.25, 0.3) is 0 Å². The molecule has 1 aromatic heterocycles. The van der Waals surface area contributed by atoms with Gasteiger partial charge in [-0.3, -0.25) is 9.67 Å². The summed E-state index contributed by atoms with van der Waals surface area (Å²) in [5.74, 6) is 1.79. The minimum Gasteiger partial charge on any atom is -0.497 e. The molecule has 2 aromatic rings. The third kappa shape index (κ3) is 3.04. The van der Waals surface area contributed by atoms with Gasteiger partial charge in [0.25, 0.3) is 0 Å². The lowest BCUT2D eigenvalue weighted by atomic mass is 10.1. The molecule has 0 spiro atoms. The fourth-order valence-electron chi connectivity index (χ4n) is 2.10. The van der Waals surface area contributed by atoms with Gasteiger partial charge in [-0.05, 0) is 50.7 Å². The predicted octanol–water partition coefficient (Wildman–Crippen LogP) is 3.30. The number of aromatic nitrogens is 3. The van der Waals surface area contributed by atoms with Crippen molar-refractivity contribution in [1.82, 2.24) is 14.8 Å². The molecular weight excluding hydrogens is 258 g/mol. The topological polar surface area (TPSA) is 42.8 Å². The van der Waals surface area contributed by atoms with Gasteiger partial charge in [-0.25, -0.2) is 0 Å². The van der Waals surface area contributed by atoms with Crippen LogP contribution in [0.1, 0.15) is 32.2 Å². The van der Waals surface area contributed by atoms with Gasteiger partial charge in [0.2, 0.25) is 0 Å². The monoisotopic (exact) mass is 277 g/mol. The molecule has 0 atom stereocenters. The van der Waals surface area contributed by atoms with Crippen molar-refractivity contribution in [3.63, 3.8) is 0 Å². The van der Waals surface area contributed by atoms with Crippen LogP contribution in [0.15, 0.2) is 24.3 Å². The SMILES string of the molecule is COc1cccc(Cc2n[nH]c(=S)n2C(C)(C)C)c1. The Morgan fingerprint density at radius 3 is 2.74 bits per heavy atom. The van der Waals surface area contributed by atoms with E-state index in [1.54, 1.807) is 7.11 Å². The van der Waals surface area contributed by atoms with E-state index in [4.69, 9.17) is 17.0 Å². The van der Waals surface area contributed by atoms with Crippen LogP contribution in [0.5, 0.6) is 5.75 Å². The summed E-state index contributed by atoms with van der Waals surface area (Å²) in [7, 11) is 1.67. The Hall–Kier alpha value is -1.62. The number of nitrogens with zero attached hydrogens (tertiary/aromatic N) is 2. The highest BCUT2D eigenvalue weighted by Crippen LogP contribution is 2.20. The molecule has 0 aliphatic rings. The van der Waals surface area contributed by atoms with E-state index in [1.165, 1.54) is 0 Å². The minimum atomic E-state index is -0.0850. The zero-order chi connectivity index (χ0) is 14.0. The second kappa shape index (κ2) is 5.17. The molecule has 5 heteroatoms. The Morgan fingerprint density at radius 1 is 1.37 bits per heavy atom. The molecule has 0 saturated carbocycles. The van der Waals surface area contributed by atoms with Gasteiger partial charge < -0.3 is 4.74 Å². The Bertz CT molecular complexity index is 622. The van der Waals surface area contributed by atoms with Gasteiger partial charge >= 0.3 is 0 Å². The normalized spacial score (nSPS) is 11.6. The fourth-order valence-corrected chi connectivity index (χ4v) is 2.53. The average molecular weight is 277 g/mol. The maximum absolute atomic E-state index is 5.31. The molecule has 0 aliphatic carbocycles. The highest BCUT2D eigenvalue weighted by Gasteiger charge is 2.19. The van der Waals surface area contributed by atoms with E-state index < -0.39 is 0 Å². The molecule has 19 heavy (non-hydrogen) atoms. The number of H-pyrrole nitrogens is 1. The van der Waals surface area contributed by atoms with Crippen LogP contribution in [0.2, 0.25) is 0 Å². The van der Waals surface area contributed by atoms with Gasteiger partial charge in [-0.2, -0.15) is 5.10 Å². The summed E-state index contributed by atoms with van der Waals surface area (Å²) >= 11 is 5.31. The van der Waals surface area contributed by atoms with Gasteiger partial charge in [-0.15, -0.1) is 0 Å². The summed E-state index contributed by atoms with van der Waals surface area (Å²) < 4.78 is 7.95. The van der Waals surface area contributed by atoms with Crippen LogP contribution in [-0.4, -0.2) is 21.9 Å². The molecule has 0 fully saturated rings. The quantitative estimate of drug-likeness (QED) is 0.875. The lowest BCUT2D eigenvalue weighted by Crippen LogP contribution is -2.24. The number of rotatable bonds is 3. The van der Waals surface area contributed by atoms with Crippen molar-refractivity contribution < 1.29 is 4.74 Å². The lowest BCUT2D eigenvalue weighted by molar-refractivity contribution is 0.379. The molecule has 0 saturated heterocycles. The highest BCUT2D eigenvalue weighted by molar-refractivity contribution is 7.71. The molecule has 102 valence electrons. The van der Waals surface area contributed by atoms with Gasteiger partial charge in [0.05, 0.1) is 7.11 Å². The van der Waals surface area contributed by atoms with Gasteiger partial charge in [0.1, 0.15) is 11.6 Å². The second-order valence-corrected chi connectivity index (χ2v) is 5.87. The van der Waals surface area contributed by atoms with Gasteiger partial charge in [0, 0.05) is 12.0 Å². The van der Waals surface area contributed by atoms with E-state index in [1.807, 2.05) is 18.2 Å². The van der Waals surface area contributed by atoms with Crippen molar-refractivity contribution in [1.29, 1.82) is 0 Å². The first kappa shape index (κ1) is 13.8. The molecule has 2 rings (SSSR count). The van der Waals surface area contributed by atoms with E-state index >= 15 is 0 Å². The van der Waals surface area contributed by atoms with Gasteiger partial charge in [0.15, 0.2) is 4.77 Å². The number of benzene rings is 1. The van der Waals surface area contributed by atoms with Crippen LogP contribution >= 0.6 is 12.2 Å². The number of methoxy groups -OCH3 is 1. The summed E-state index contributed by atoms with van der Waals surface area (Å²) in [5.41, 5.74) is 1.07. The van der Waals surface area contributed by atoms with Crippen molar-refractivity contribution in [2.24, 2.45) is 0 Å². The smallest absolute Gasteiger partial charge is 0.195 e. The van der Waals surface area contributed by atoms with Crippen molar-refractivity contribution in [3.8, 4) is 5.75 Å². The third-order valence-electron chi connectivity index (χ3n) is 2.91. The first-order chi connectivity index (χ1) is 8.91. The van der Waals surface area contributed by atoms with Crippen molar-refractivity contribution in [2.45, 2.75) is 32.7 Å². The van der Waals surface area contributed by atoms with Crippen LogP contribution in [0, 0.1) is 4.77 Å². The minimum absolute atomic E-state index is 0.0850. The van der Waals surface area contributed by atoms with E-state index in [-0.39, 0.29) is 5.54 Å². The predicted molar refractivity (Wildman–Crippen MR) is 78.2 cm³/mol. The number of hydrogen-bond donors (Lipinski definition) is 1. The molecule has 1 aromatic carbocycles. The lowest BCUT2D eigenvalue weighted by Gasteiger charge is -2.22. The molecule has 4 nitrogen and oxygen atoms in total. The maximum atomic E-state index is 5.31. The standard InChI is InChI=1S/C14H19N3OS/c1-14(2,3)17-12(15-16-13(17)19)9-10-6-5-7-11(8-10)18-4/h5-8H,9H2,1-4H3,(H,16,19). The number of hydrogen-bond acceptors (Lipinski definition) is 3. The molecular formula is C14H19N3OS. The summed E-state index contributed by atoms with van der Waals surface area (Å²) in [4.78, 5) is 0. The summed E-state index contributed by atoms with van der Waals surface area (Å²) in [6, 6.07) is 8.00. The molecule has 0 bridgehead atoms. The maximum Gasteiger partial charge on any atom is 0.195 e. The van der Waals surface area contributed by atoms with Crippen molar-refractivity contribution in [2.75, 3.05) is 7.11 Å².